The number of hydrogen-bond acceptors (Lipinski definition) is 4. The van der Waals surface area contributed by atoms with Gasteiger partial charge in [-0.05, 0) is 38.1 Å². The number of anilines is 1. The lowest BCUT2D eigenvalue weighted by atomic mass is 10.3. The summed E-state index contributed by atoms with van der Waals surface area (Å²) in [6, 6.07) is 7.67. The second kappa shape index (κ2) is 6.85. The van der Waals surface area contributed by atoms with Crippen molar-refractivity contribution in [2.75, 3.05) is 5.32 Å². The average molecular weight is 381 g/mol. The van der Waals surface area contributed by atoms with Gasteiger partial charge in [0.1, 0.15) is 5.65 Å². The summed E-state index contributed by atoms with van der Waals surface area (Å²) < 4.78 is 3.66. The summed E-state index contributed by atoms with van der Waals surface area (Å²) in [5, 5.41) is 8.34. The third-order valence-corrected chi connectivity index (χ3v) is 4.38. The second-order valence-electron chi connectivity index (χ2n) is 6.36. The molecule has 0 aromatic carbocycles. The molecule has 0 saturated heterocycles. The summed E-state index contributed by atoms with van der Waals surface area (Å²) >= 11 is 6.17. The predicted molar refractivity (Wildman–Crippen MR) is 106 cm³/mol. The van der Waals surface area contributed by atoms with Crippen LogP contribution in [0.5, 0.6) is 0 Å². The summed E-state index contributed by atoms with van der Waals surface area (Å²) in [6.45, 7) is 4.08. The van der Waals surface area contributed by atoms with Gasteiger partial charge in [0.2, 0.25) is 5.91 Å². The molecule has 0 aliphatic carbocycles. The standard InChI is InChI=1S/C19H17ClN6O/c1-12(2)26-19-13(10-22-26)9-14(11-21-19)23-17(27)7-6-15-18(20)24-16-5-3-4-8-25(15)16/h3-12H,1-2H3,(H,23,27)/b7-6+. The van der Waals surface area contributed by atoms with E-state index in [4.69, 9.17) is 11.6 Å². The zero-order valence-electron chi connectivity index (χ0n) is 14.8. The fraction of sp³-hybridized carbons (Fsp3) is 0.158. The zero-order valence-corrected chi connectivity index (χ0v) is 15.6. The van der Waals surface area contributed by atoms with Crippen molar-refractivity contribution in [3.63, 3.8) is 0 Å². The minimum atomic E-state index is -0.283. The molecule has 0 radical (unpaired) electrons. The van der Waals surface area contributed by atoms with Crippen LogP contribution in [0.25, 0.3) is 22.8 Å². The van der Waals surface area contributed by atoms with Crippen molar-refractivity contribution in [1.82, 2.24) is 24.1 Å². The van der Waals surface area contributed by atoms with Gasteiger partial charge in [0.25, 0.3) is 0 Å². The number of imidazole rings is 1. The topological polar surface area (TPSA) is 77.1 Å². The Kier molecular flexibility index (Phi) is 4.37. The van der Waals surface area contributed by atoms with E-state index in [2.05, 4.69) is 20.4 Å². The smallest absolute Gasteiger partial charge is 0.248 e. The van der Waals surface area contributed by atoms with Crippen molar-refractivity contribution in [2.45, 2.75) is 19.9 Å². The first-order valence-corrected chi connectivity index (χ1v) is 8.85. The molecule has 0 fully saturated rings. The lowest BCUT2D eigenvalue weighted by Crippen LogP contribution is -2.08. The van der Waals surface area contributed by atoms with Gasteiger partial charge in [-0.15, -0.1) is 0 Å². The van der Waals surface area contributed by atoms with Crippen molar-refractivity contribution in [2.24, 2.45) is 0 Å². The van der Waals surface area contributed by atoms with Gasteiger partial charge >= 0.3 is 0 Å². The summed E-state index contributed by atoms with van der Waals surface area (Å²) in [4.78, 5) is 20.9. The summed E-state index contributed by atoms with van der Waals surface area (Å²) in [6.07, 6.45) is 8.27. The van der Waals surface area contributed by atoms with E-state index in [1.165, 1.54) is 6.08 Å². The minimum Gasteiger partial charge on any atom is -0.321 e. The van der Waals surface area contributed by atoms with Crippen LogP contribution >= 0.6 is 11.6 Å². The van der Waals surface area contributed by atoms with E-state index >= 15 is 0 Å². The fourth-order valence-corrected chi connectivity index (χ4v) is 3.10. The van der Waals surface area contributed by atoms with Crippen molar-refractivity contribution in [3.8, 4) is 0 Å². The monoisotopic (exact) mass is 380 g/mol. The first kappa shape index (κ1) is 17.2. The van der Waals surface area contributed by atoms with Crippen LogP contribution in [0.3, 0.4) is 0 Å². The van der Waals surface area contributed by atoms with Crippen molar-refractivity contribution < 1.29 is 4.79 Å². The normalized spacial score (nSPS) is 11.9. The number of carbonyl (C=O) groups is 1. The van der Waals surface area contributed by atoms with E-state index in [1.54, 1.807) is 18.5 Å². The highest BCUT2D eigenvalue weighted by atomic mass is 35.5. The predicted octanol–water partition coefficient (Wildman–Crippen LogP) is 3.97. The molecule has 0 aliphatic heterocycles. The minimum absolute atomic E-state index is 0.216. The van der Waals surface area contributed by atoms with E-state index in [9.17, 15) is 4.79 Å². The maximum atomic E-state index is 12.3. The fourth-order valence-electron chi connectivity index (χ4n) is 2.86. The van der Waals surface area contributed by atoms with Crippen LogP contribution in [0.1, 0.15) is 25.6 Å². The van der Waals surface area contributed by atoms with Crippen molar-refractivity contribution in [3.05, 3.63) is 59.8 Å². The van der Waals surface area contributed by atoms with Gasteiger partial charge in [-0.2, -0.15) is 5.10 Å². The summed E-state index contributed by atoms with van der Waals surface area (Å²) in [5.74, 6) is -0.283. The van der Waals surface area contributed by atoms with Crippen LogP contribution < -0.4 is 5.32 Å². The number of carbonyl (C=O) groups excluding carboxylic acids is 1. The Morgan fingerprint density at radius 3 is 2.96 bits per heavy atom. The van der Waals surface area contributed by atoms with E-state index in [-0.39, 0.29) is 11.9 Å². The number of hydrogen-bond donors (Lipinski definition) is 1. The molecule has 0 saturated carbocycles. The molecule has 0 bridgehead atoms. The molecule has 0 spiro atoms. The molecule has 4 aromatic rings. The Balaban J connectivity index is 1.54. The lowest BCUT2D eigenvalue weighted by Gasteiger charge is -2.06. The van der Waals surface area contributed by atoms with Crippen molar-refractivity contribution >= 4 is 46.0 Å². The van der Waals surface area contributed by atoms with E-state index < -0.39 is 0 Å². The molecule has 0 unspecified atom stereocenters. The van der Waals surface area contributed by atoms with Crippen LogP contribution in [-0.2, 0) is 4.79 Å². The Morgan fingerprint density at radius 1 is 1.30 bits per heavy atom. The number of nitrogens with zero attached hydrogens (tertiary/aromatic N) is 5. The molecule has 27 heavy (non-hydrogen) atoms. The number of fused-ring (bicyclic) bond motifs is 2. The molecular weight excluding hydrogens is 364 g/mol. The maximum absolute atomic E-state index is 12.3. The molecule has 4 aromatic heterocycles. The lowest BCUT2D eigenvalue weighted by molar-refractivity contribution is -0.111. The molecule has 1 N–H and O–H groups in total. The number of aromatic nitrogens is 5. The summed E-state index contributed by atoms with van der Waals surface area (Å²) in [7, 11) is 0. The molecule has 4 rings (SSSR count). The highest BCUT2D eigenvalue weighted by Gasteiger charge is 2.10. The van der Waals surface area contributed by atoms with Gasteiger partial charge in [-0.25, -0.2) is 14.6 Å². The molecule has 1 amide bonds. The van der Waals surface area contributed by atoms with Gasteiger partial charge < -0.3 is 5.32 Å². The van der Waals surface area contributed by atoms with Crippen molar-refractivity contribution in [1.29, 1.82) is 0 Å². The number of pyridine rings is 2. The van der Waals surface area contributed by atoms with Crippen LogP contribution in [0, 0.1) is 0 Å². The largest absolute Gasteiger partial charge is 0.321 e. The third kappa shape index (κ3) is 3.29. The second-order valence-corrected chi connectivity index (χ2v) is 6.72. The molecule has 0 atom stereocenters. The van der Waals surface area contributed by atoms with Crippen LogP contribution in [0.15, 0.2) is 48.9 Å². The van der Waals surface area contributed by atoms with Crippen LogP contribution in [0.4, 0.5) is 5.69 Å². The van der Waals surface area contributed by atoms with Crippen LogP contribution in [-0.4, -0.2) is 30.1 Å². The Labute approximate surface area is 160 Å². The first-order chi connectivity index (χ1) is 13.0. The molecule has 4 heterocycles. The zero-order chi connectivity index (χ0) is 19.0. The third-order valence-electron chi connectivity index (χ3n) is 4.10. The highest BCUT2D eigenvalue weighted by molar-refractivity contribution is 6.31. The van der Waals surface area contributed by atoms with E-state index in [0.29, 0.717) is 16.5 Å². The Hall–Kier alpha value is -3.19. The SMILES string of the molecule is CC(C)n1ncc2cc(NC(=O)/C=C/c3c(Cl)nc4ccccn34)cnc21. The molecule has 7 nitrogen and oxygen atoms in total. The van der Waals surface area contributed by atoms with Gasteiger partial charge in [-0.1, -0.05) is 17.7 Å². The Morgan fingerprint density at radius 2 is 2.15 bits per heavy atom. The number of amides is 1. The molecule has 8 heteroatoms. The number of nitrogens with one attached hydrogen (secondary N) is 1. The van der Waals surface area contributed by atoms with Gasteiger partial charge in [0, 0.05) is 23.7 Å². The van der Waals surface area contributed by atoms with Crippen LogP contribution in [0.2, 0.25) is 5.15 Å². The first-order valence-electron chi connectivity index (χ1n) is 8.48. The average Bonchev–Trinajstić information content (AvgIpc) is 3.20. The number of rotatable bonds is 4. The van der Waals surface area contributed by atoms with Gasteiger partial charge in [0.05, 0.1) is 23.8 Å². The molecule has 136 valence electrons. The summed E-state index contributed by atoms with van der Waals surface area (Å²) in [5.41, 5.74) is 2.76. The molecule has 0 aliphatic rings. The number of halogens is 1. The van der Waals surface area contributed by atoms with E-state index in [0.717, 1.165) is 16.7 Å². The maximum Gasteiger partial charge on any atom is 0.248 e. The highest BCUT2D eigenvalue weighted by Crippen LogP contribution is 2.20. The molecular formula is C19H17ClN6O. The van der Waals surface area contributed by atoms with Gasteiger partial charge in [-0.3, -0.25) is 9.20 Å². The Bertz CT molecular complexity index is 1170. The quantitative estimate of drug-likeness (QED) is 0.543. The van der Waals surface area contributed by atoms with Gasteiger partial charge in [0.15, 0.2) is 10.8 Å². The van der Waals surface area contributed by atoms with E-state index in [1.807, 2.05) is 53.4 Å².